The van der Waals surface area contributed by atoms with Gasteiger partial charge in [-0.3, -0.25) is 14.4 Å². The summed E-state index contributed by atoms with van der Waals surface area (Å²) in [5.74, 6) is 5.74. The van der Waals surface area contributed by atoms with Gasteiger partial charge in [0.1, 0.15) is 17.5 Å². The summed E-state index contributed by atoms with van der Waals surface area (Å²) in [5, 5.41) is 9.01. The molecule has 1 aromatic carbocycles. The molecule has 0 radical (unpaired) electrons. The number of benzene rings is 1. The first-order valence-corrected chi connectivity index (χ1v) is 20.2. The number of esters is 3. The van der Waals surface area contributed by atoms with Gasteiger partial charge in [-0.1, -0.05) is 46.8 Å². The third-order valence-corrected chi connectivity index (χ3v) is 14.8. The molecule has 4 saturated carbocycles. The molecule has 3 heterocycles. The fraction of sp³-hybridized carbons (Fsp3) is 0.791. The maximum atomic E-state index is 12.7. The Morgan fingerprint density at radius 1 is 0.882 bits per heavy atom. The molecule has 8 heteroatoms. The molecular formula is C43H64O8. The van der Waals surface area contributed by atoms with E-state index in [9.17, 15) is 14.4 Å². The van der Waals surface area contributed by atoms with Crippen LogP contribution in [-0.4, -0.2) is 53.0 Å². The number of aromatic hydroxyl groups is 1. The maximum Gasteiger partial charge on any atom is 0.312 e. The zero-order chi connectivity index (χ0) is 37.0. The molecule has 7 fully saturated rings. The van der Waals surface area contributed by atoms with E-state index in [1.54, 1.807) is 12.1 Å². The molecule has 0 amide bonds. The minimum atomic E-state index is -0.510. The van der Waals surface area contributed by atoms with Crippen LogP contribution in [0.3, 0.4) is 0 Å². The number of fused-ring (bicyclic) bond motifs is 10. The summed E-state index contributed by atoms with van der Waals surface area (Å²) in [6.07, 6.45) is 10.1. The smallest absolute Gasteiger partial charge is 0.312 e. The van der Waals surface area contributed by atoms with Crippen molar-refractivity contribution in [2.24, 2.45) is 52.3 Å². The summed E-state index contributed by atoms with van der Waals surface area (Å²) < 4.78 is 22.8. The summed E-state index contributed by atoms with van der Waals surface area (Å²) in [4.78, 5) is 36.3. The summed E-state index contributed by atoms with van der Waals surface area (Å²) in [6, 6.07) is 7.43. The molecule has 3 saturated heterocycles. The van der Waals surface area contributed by atoms with Gasteiger partial charge in [0.15, 0.2) is 12.2 Å². The standard InChI is InChI=1S/C20H32O2.C13H18O5.C10H14O/c1-5-19(3,4)18(21)22-20(6-2)11-14-10-15(20)17-13-8-7-12(9-13)16(14)17;1-4-13(2,3)12(15)18-9-7-5-6-8(16-7)10(9)17-11(6)14;1-3-8(2)9-4-6-10(11)7-5-9/h12-17H,5-11H2,1-4H3;6-10H,4-5H2,1-3H3;4-8,11H,3H2,1-2H3. The zero-order valence-corrected chi connectivity index (χ0v) is 32.6. The molecule has 0 aromatic heterocycles. The van der Waals surface area contributed by atoms with Crippen LogP contribution in [0.2, 0.25) is 0 Å². The molecule has 8 rings (SSSR count). The molecule has 4 aliphatic carbocycles. The number of hydrogen-bond donors (Lipinski definition) is 1. The first kappa shape index (κ1) is 38.1. The second-order valence-corrected chi connectivity index (χ2v) is 18.2. The number of phenols is 1. The molecule has 1 aromatic rings. The number of phenolic OH excluding ortho intramolecular Hbond substituents is 1. The van der Waals surface area contributed by atoms with Crippen molar-refractivity contribution < 1.29 is 38.4 Å². The lowest BCUT2D eigenvalue weighted by atomic mass is 9.65. The van der Waals surface area contributed by atoms with Crippen molar-refractivity contribution in [2.45, 2.75) is 162 Å². The first-order valence-electron chi connectivity index (χ1n) is 20.2. The van der Waals surface area contributed by atoms with Gasteiger partial charge in [0, 0.05) is 5.92 Å². The topological polar surface area (TPSA) is 108 Å². The third kappa shape index (κ3) is 6.85. The van der Waals surface area contributed by atoms with Gasteiger partial charge < -0.3 is 24.1 Å². The van der Waals surface area contributed by atoms with Crippen LogP contribution >= 0.6 is 0 Å². The van der Waals surface area contributed by atoms with E-state index >= 15 is 0 Å². The molecule has 0 spiro atoms. The number of carbonyl (C=O) groups excluding carboxylic acids is 3. The largest absolute Gasteiger partial charge is 0.508 e. The summed E-state index contributed by atoms with van der Waals surface area (Å²) in [7, 11) is 0. The molecule has 7 aliphatic rings. The van der Waals surface area contributed by atoms with Gasteiger partial charge in [-0.2, -0.15) is 0 Å². The Labute approximate surface area is 306 Å². The molecule has 13 atom stereocenters. The van der Waals surface area contributed by atoms with Crippen LogP contribution in [0.1, 0.15) is 138 Å². The van der Waals surface area contributed by atoms with Gasteiger partial charge in [0.25, 0.3) is 0 Å². The second-order valence-electron chi connectivity index (χ2n) is 18.2. The van der Waals surface area contributed by atoms with Crippen LogP contribution in [0.4, 0.5) is 0 Å². The predicted molar refractivity (Wildman–Crippen MR) is 195 cm³/mol. The SMILES string of the molecule is CCC(C)(C)C(=O)OC1(CC)CC2CC1C1C3CCC(C3)C21.CCC(C)(C)C(=O)OC1C2CC3C(=O)OC1C3O2.CCC(C)c1ccc(O)cc1. The lowest BCUT2D eigenvalue weighted by molar-refractivity contribution is -0.183. The Morgan fingerprint density at radius 2 is 1.51 bits per heavy atom. The molecule has 6 bridgehead atoms. The Balaban J connectivity index is 0.000000139. The molecule has 3 aliphatic heterocycles. The maximum absolute atomic E-state index is 12.7. The van der Waals surface area contributed by atoms with Gasteiger partial charge in [-0.25, -0.2) is 0 Å². The van der Waals surface area contributed by atoms with E-state index in [2.05, 4.69) is 27.7 Å². The highest BCUT2D eigenvalue weighted by atomic mass is 16.7. The van der Waals surface area contributed by atoms with Crippen molar-refractivity contribution >= 4 is 17.9 Å². The Bertz CT molecular complexity index is 1430. The summed E-state index contributed by atoms with van der Waals surface area (Å²) in [6.45, 7) is 18.4. The fourth-order valence-corrected chi connectivity index (χ4v) is 10.6. The minimum Gasteiger partial charge on any atom is -0.508 e. The van der Waals surface area contributed by atoms with E-state index < -0.39 is 17.6 Å². The van der Waals surface area contributed by atoms with Crippen LogP contribution in [0, 0.1) is 52.3 Å². The second kappa shape index (κ2) is 14.3. The summed E-state index contributed by atoms with van der Waals surface area (Å²) >= 11 is 0. The first-order chi connectivity index (χ1) is 24.1. The molecule has 13 unspecified atom stereocenters. The van der Waals surface area contributed by atoms with Gasteiger partial charge in [-0.05, 0) is 145 Å². The molecule has 284 valence electrons. The number of ether oxygens (including phenoxy) is 4. The zero-order valence-electron chi connectivity index (χ0n) is 32.6. The molecule has 51 heavy (non-hydrogen) atoms. The van der Waals surface area contributed by atoms with E-state index in [1.165, 1.54) is 31.2 Å². The predicted octanol–water partition coefficient (Wildman–Crippen LogP) is 8.77. The molecular weight excluding hydrogens is 644 g/mol. The van der Waals surface area contributed by atoms with Crippen molar-refractivity contribution in [3.8, 4) is 5.75 Å². The number of rotatable bonds is 9. The number of carbonyl (C=O) groups is 3. The lowest BCUT2D eigenvalue weighted by Gasteiger charge is -2.46. The van der Waals surface area contributed by atoms with Crippen molar-refractivity contribution in [1.82, 2.24) is 0 Å². The average molecular weight is 709 g/mol. The van der Waals surface area contributed by atoms with Gasteiger partial charge in [0.2, 0.25) is 0 Å². The van der Waals surface area contributed by atoms with E-state index in [1.807, 2.05) is 46.8 Å². The van der Waals surface area contributed by atoms with Crippen molar-refractivity contribution in [2.75, 3.05) is 0 Å². The van der Waals surface area contributed by atoms with Crippen LogP contribution in [0.5, 0.6) is 5.75 Å². The van der Waals surface area contributed by atoms with Gasteiger partial charge in [-0.15, -0.1) is 0 Å². The van der Waals surface area contributed by atoms with Crippen molar-refractivity contribution in [1.29, 1.82) is 0 Å². The normalized spacial score (nSPS) is 38.3. The highest BCUT2D eigenvalue weighted by molar-refractivity contribution is 5.79. The van der Waals surface area contributed by atoms with E-state index in [-0.39, 0.29) is 47.0 Å². The highest BCUT2D eigenvalue weighted by Gasteiger charge is 2.68. The number of hydrogen-bond acceptors (Lipinski definition) is 8. The Hall–Kier alpha value is -2.61. The van der Waals surface area contributed by atoms with E-state index in [0.29, 0.717) is 30.4 Å². The monoisotopic (exact) mass is 708 g/mol. The van der Waals surface area contributed by atoms with Crippen LogP contribution in [0.15, 0.2) is 24.3 Å². The quantitative estimate of drug-likeness (QED) is 0.154. The summed E-state index contributed by atoms with van der Waals surface area (Å²) in [5.41, 5.74) is 0.326. The van der Waals surface area contributed by atoms with Gasteiger partial charge in [0.05, 0.1) is 22.9 Å². The highest BCUT2D eigenvalue weighted by Crippen LogP contribution is 2.71. The molecule has 1 N–H and O–H groups in total. The van der Waals surface area contributed by atoms with Crippen LogP contribution in [0.25, 0.3) is 0 Å². The van der Waals surface area contributed by atoms with Crippen LogP contribution in [-0.2, 0) is 33.3 Å². The Kier molecular flexibility index (Phi) is 10.7. The van der Waals surface area contributed by atoms with Crippen molar-refractivity contribution in [3.63, 3.8) is 0 Å². The fourth-order valence-electron chi connectivity index (χ4n) is 10.6. The van der Waals surface area contributed by atoms with E-state index in [4.69, 9.17) is 24.1 Å². The Morgan fingerprint density at radius 3 is 2.12 bits per heavy atom. The van der Waals surface area contributed by atoms with E-state index in [0.717, 1.165) is 55.3 Å². The average Bonchev–Trinajstić information content (AvgIpc) is 3.98. The van der Waals surface area contributed by atoms with Crippen molar-refractivity contribution in [3.05, 3.63) is 29.8 Å². The lowest BCUT2D eigenvalue weighted by Crippen LogP contribution is -2.49. The van der Waals surface area contributed by atoms with Crippen LogP contribution < -0.4 is 0 Å². The third-order valence-electron chi connectivity index (χ3n) is 14.8. The minimum absolute atomic E-state index is 0.0455. The molecule has 8 nitrogen and oxygen atoms in total. The van der Waals surface area contributed by atoms with Gasteiger partial charge >= 0.3 is 17.9 Å².